The first kappa shape index (κ1) is 31.3. The Hall–Kier alpha value is -4.10. The van der Waals surface area contributed by atoms with Crippen molar-refractivity contribution in [2.45, 2.75) is 56.6 Å². The highest BCUT2D eigenvalue weighted by Gasteiger charge is 2.38. The number of carboxylic acid groups (broad SMARTS) is 1. The zero-order valence-corrected chi connectivity index (χ0v) is 25.3. The number of nitrogens with zero attached hydrogens (tertiary/aromatic N) is 4. The van der Waals surface area contributed by atoms with Crippen LogP contribution in [0.15, 0.2) is 78.0 Å². The normalized spacial score (nSPS) is 19.9. The quantitative estimate of drug-likeness (QED) is 0.195. The fraction of sp³-hybridized carbons (Fsp3) is 0.344. The van der Waals surface area contributed by atoms with Crippen LogP contribution in [0.3, 0.4) is 0 Å². The highest BCUT2D eigenvalue weighted by molar-refractivity contribution is 7.99. The lowest BCUT2D eigenvalue weighted by atomic mass is 9.91. The van der Waals surface area contributed by atoms with E-state index in [9.17, 15) is 14.7 Å². The summed E-state index contributed by atoms with van der Waals surface area (Å²) in [6.45, 7) is 2.41. The number of thioether (sulfide) groups is 1. The van der Waals surface area contributed by atoms with Gasteiger partial charge in [0, 0.05) is 37.2 Å². The largest absolute Gasteiger partial charge is 0.481 e. The zero-order valence-electron chi connectivity index (χ0n) is 24.5. The molecule has 3 N–H and O–H groups in total. The lowest BCUT2D eigenvalue weighted by Crippen LogP contribution is -2.38. The summed E-state index contributed by atoms with van der Waals surface area (Å²) in [5.74, 6) is -0.619. The lowest BCUT2D eigenvalue weighted by molar-refractivity contribution is -0.268. The lowest BCUT2D eigenvalue weighted by Gasteiger charge is -2.41. The summed E-state index contributed by atoms with van der Waals surface area (Å²) in [6, 6.07) is 23.7. The second-order valence-electron chi connectivity index (χ2n) is 10.7. The highest BCUT2D eigenvalue weighted by atomic mass is 32.2. The van der Waals surface area contributed by atoms with E-state index in [0.717, 1.165) is 33.4 Å². The number of carbonyl (C=O) groups excluding carboxylic acids is 1. The van der Waals surface area contributed by atoms with Gasteiger partial charge in [-0.25, -0.2) is 4.68 Å². The van der Waals surface area contributed by atoms with Gasteiger partial charge in [-0.05, 0) is 44.3 Å². The first-order valence-corrected chi connectivity index (χ1v) is 15.3. The summed E-state index contributed by atoms with van der Waals surface area (Å²) >= 11 is 1.54. The fourth-order valence-electron chi connectivity index (χ4n) is 5.01. The molecule has 1 aliphatic heterocycles. The number of carboxylic acids is 1. The van der Waals surface area contributed by atoms with Crippen molar-refractivity contribution in [2.24, 2.45) is 13.0 Å². The molecule has 0 radical (unpaired) electrons. The van der Waals surface area contributed by atoms with Crippen LogP contribution in [-0.2, 0) is 39.3 Å². The smallest absolute Gasteiger partial charge is 0.303 e. The number of aliphatic hydroxyl groups excluding tert-OH is 1. The number of rotatable bonds is 12. The number of hydrogen-bond acceptors (Lipinski definition) is 9. The van der Waals surface area contributed by atoms with E-state index in [1.54, 1.807) is 11.7 Å². The Labute approximate surface area is 259 Å². The summed E-state index contributed by atoms with van der Waals surface area (Å²) in [5.41, 5.74) is 5.64. The average molecular weight is 618 g/mol. The van der Waals surface area contributed by atoms with Crippen molar-refractivity contribution in [1.29, 1.82) is 0 Å². The van der Waals surface area contributed by atoms with Crippen LogP contribution in [0.4, 0.5) is 0 Å². The minimum Gasteiger partial charge on any atom is -0.481 e. The van der Waals surface area contributed by atoms with Crippen molar-refractivity contribution in [2.75, 3.05) is 5.75 Å². The topological polar surface area (TPSA) is 149 Å². The zero-order chi connectivity index (χ0) is 31.1. The van der Waals surface area contributed by atoms with Crippen molar-refractivity contribution in [3.05, 3.63) is 95.1 Å². The molecule has 1 amide bonds. The molecule has 0 saturated carbocycles. The van der Waals surface area contributed by atoms with E-state index in [-0.39, 0.29) is 43.5 Å². The molecule has 5 rings (SSSR count). The van der Waals surface area contributed by atoms with Crippen molar-refractivity contribution in [3.63, 3.8) is 0 Å². The van der Waals surface area contributed by atoms with Crippen LogP contribution in [-0.4, -0.2) is 54.2 Å². The molecule has 1 fully saturated rings. The number of aliphatic hydroxyl groups is 1. The number of ether oxygens (including phenoxy) is 2. The predicted octanol–water partition coefficient (Wildman–Crippen LogP) is 4.43. The van der Waals surface area contributed by atoms with Crippen LogP contribution < -0.4 is 5.32 Å². The maximum Gasteiger partial charge on any atom is 0.303 e. The third kappa shape index (κ3) is 7.88. The van der Waals surface area contributed by atoms with Crippen LogP contribution >= 0.6 is 11.8 Å². The maximum absolute atomic E-state index is 11.9. The minimum absolute atomic E-state index is 0.0191. The van der Waals surface area contributed by atoms with Gasteiger partial charge in [0.15, 0.2) is 6.29 Å². The van der Waals surface area contributed by atoms with E-state index < -0.39 is 12.3 Å². The van der Waals surface area contributed by atoms with E-state index >= 15 is 0 Å². The number of aromatic nitrogens is 4. The van der Waals surface area contributed by atoms with Crippen molar-refractivity contribution in [3.8, 4) is 11.1 Å². The van der Waals surface area contributed by atoms with Gasteiger partial charge >= 0.3 is 5.97 Å². The van der Waals surface area contributed by atoms with Crippen molar-refractivity contribution >= 4 is 23.6 Å². The Balaban J connectivity index is 1.31. The first-order valence-electron chi connectivity index (χ1n) is 14.3. The van der Waals surface area contributed by atoms with Crippen LogP contribution in [0.2, 0.25) is 0 Å². The van der Waals surface area contributed by atoms with Gasteiger partial charge < -0.3 is 25.0 Å². The summed E-state index contributed by atoms with van der Waals surface area (Å²) in [7, 11) is 1.81. The Morgan fingerprint density at radius 3 is 2.39 bits per heavy atom. The number of aliphatic carboxylic acids is 1. The van der Waals surface area contributed by atoms with Crippen LogP contribution in [0.5, 0.6) is 0 Å². The van der Waals surface area contributed by atoms with Gasteiger partial charge in [-0.3, -0.25) is 9.59 Å². The van der Waals surface area contributed by atoms with Gasteiger partial charge in [0.1, 0.15) is 0 Å². The molecule has 0 bridgehead atoms. The molecule has 230 valence electrons. The predicted molar refractivity (Wildman–Crippen MR) is 163 cm³/mol. The molecule has 1 saturated heterocycles. The van der Waals surface area contributed by atoms with Crippen LogP contribution in [0, 0.1) is 5.92 Å². The van der Waals surface area contributed by atoms with E-state index in [4.69, 9.17) is 14.6 Å². The molecule has 1 aliphatic rings. The van der Waals surface area contributed by atoms with Crippen LogP contribution in [0.25, 0.3) is 11.1 Å². The molecule has 12 heteroatoms. The fourth-order valence-corrected chi connectivity index (χ4v) is 6.03. The van der Waals surface area contributed by atoms with E-state index in [1.807, 2.05) is 72.8 Å². The maximum atomic E-state index is 11.9. The summed E-state index contributed by atoms with van der Waals surface area (Å²) in [5, 5.41) is 33.5. The second kappa shape index (κ2) is 14.6. The number of benzene rings is 3. The number of amides is 1. The van der Waals surface area contributed by atoms with Crippen molar-refractivity contribution < 1.29 is 29.3 Å². The van der Waals surface area contributed by atoms with E-state index in [2.05, 4.69) is 27.8 Å². The molecule has 2 heterocycles. The molecule has 4 aromatic rings. The monoisotopic (exact) mass is 617 g/mol. The number of carbonyl (C=O) groups is 2. The van der Waals surface area contributed by atoms with E-state index in [0.29, 0.717) is 17.5 Å². The summed E-state index contributed by atoms with van der Waals surface area (Å²) < 4.78 is 14.7. The van der Waals surface area contributed by atoms with Gasteiger partial charge in [0.2, 0.25) is 11.1 Å². The third-order valence-corrected chi connectivity index (χ3v) is 8.68. The Kier molecular flexibility index (Phi) is 10.4. The summed E-state index contributed by atoms with van der Waals surface area (Å²) in [4.78, 5) is 22.7. The standard InChI is InChI=1S/C32H35N5O6S/c1-20-27(19-44-32-34-35-36-37(32)2)42-31(43-30(20)24-8-6-21(18-38)7-9-24)25-12-10-23(11-13-25)26-5-3-4-22(16-26)17-33-28(39)14-15-29(40)41/h3-13,16,20,27,30-31,38H,14-15,17-19H2,1-2H3,(H,33,39)(H,40,41)/t20-,27+,30+,31+/m1/s1. The van der Waals surface area contributed by atoms with Gasteiger partial charge in [-0.2, -0.15) is 0 Å². The molecular weight excluding hydrogens is 582 g/mol. The van der Waals surface area contributed by atoms with Gasteiger partial charge in [0.25, 0.3) is 0 Å². The molecule has 0 spiro atoms. The highest BCUT2D eigenvalue weighted by Crippen LogP contribution is 2.43. The molecule has 0 aliphatic carbocycles. The molecule has 0 unspecified atom stereocenters. The first-order chi connectivity index (χ1) is 21.3. The molecule has 44 heavy (non-hydrogen) atoms. The molecular formula is C32H35N5O6S. The van der Waals surface area contributed by atoms with Crippen molar-refractivity contribution in [1.82, 2.24) is 25.5 Å². The summed E-state index contributed by atoms with van der Waals surface area (Å²) in [6.07, 6.45) is -1.22. The SMILES string of the molecule is C[C@@H]1[C@H](CSc2nnnn2C)O[C@H](c2ccc(-c3cccc(CNC(=O)CCC(=O)O)c3)cc2)O[C@@H]1c1ccc(CO)cc1. The Bertz CT molecular complexity index is 1560. The van der Waals surface area contributed by atoms with Gasteiger partial charge in [-0.1, -0.05) is 85.4 Å². The van der Waals surface area contributed by atoms with Gasteiger partial charge in [0.05, 0.1) is 25.2 Å². The Morgan fingerprint density at radius 1 is 0.955 bits per heavy atom. The molecule has 3 aromatic carbocycles. The van der Waals surface area contributed by atoms with Gasteiger partial charge in [-0.15, -0.1) is 5.10 Å². The molecule has 1 aromatic heterocycles. The Morgan fingerprint density at radius 2 is 1.70 bits per heavy atom. The number of tetrazole rings is 1. The third-order valence-electron chi connectivity index (χ3n) is 7.58. The molecule has 4 atom stereocenters. The number of nitrogens with one attached hydrogen (secondary N) is 1. The van der Waals surface area contributed by atoms with Crippen LogP contribution in [0.1, 0.15) is 54.4 Å². The average Bonchev–Trinajstić information content (AvgIpc) is 3.46. The minimum atomic E-state index is -0.995. The number of hydrogen-bond donors (Lipinski definition) is 3. The number of aryl methyl sites for hydroxylation is 1. The molecule has 11 nitrogen and oxygen atoms in total. The second-order valence-corrected chi connectivity index (χ2v) is 11.7. The van der Waals surface area contributed by atoms with E-state index in [1.165, 1.54) is 11.8 Å².